The molecule has 0 unspecified atom stereocenters. The largest absolute Gasteiger partial charge is 0.505 e. The Morgan fingerprint density at radius 2 is 2.21 bits per heavy atom. The number of nitriles is 1. The molecule has 1 aromatic heterocycles. The summed E-state index contributed by atoms with van der Waals surface area (Å²) in [4.78, 5) is 15.7. The number of aromatic hydroxyl groups is 1. The number of carbonyl (C=O) groups is 1. The molecule has 0 aliphatic heterocycles. The highest BCUT2D eigenvalue weighted by atomic mass is 16.3. The first kappa shape index (κ1) is 12.6. The molecule has 5 heteroatoms. The van der Waals surface area contributed by atoms with E-state index >= 15 is 0 Å². The summed E-state index contributed by atoms with van der Waals surface area (Å²) >= 11 is 0. The Hall–Kier alpha value is -2.87. The quantitative estimate of drug-likeness (QED) is 0.859. The number of hydrogen-bond donors (Lipinski definition) is 2. The molecule has 0 aliphatic rings. The van der Waals surface area contributed by atoms with E-state index in [9.17, 15) is 9.90 Å². The van der Waals surface area contributed by atoms with Crippen LogP contribution < -0.4 is 5.32 Å². The summed E-state index contributed by atoms with van der Waals surface area (Å²) in [5.74, 6) is -0.632. The minimum Gasteiger partial charge on any atom is -0.505 e. The van der Waals surface area contributed by atoms with Crippen LogP contribution in [-0.2, 0) is 0 Å². The zero-order valence-electron chi connectivity index (χ0n) is 10.2. The van der Waals surface area contributed by atoms with Crippen LogP contribution in [0.5, 0.6) is 5.75 Å². The lowest BCUT2D eigenvalue weighted by Crippen LogP contribution is -2.13. The highest BCUT2D eigenvalue weighted by molar-refractivity contribution is 6.06. The molecule has 2 rings (SSSR count). The van der Waals surface area contributed by atoms with E-state index in [4.69, 9.17) is 5.26 Å². The number of anilines is 1. The fraction of sp³-hybridized carbons (Fsp3) is 0.0714. The summed E-state index contributed by atoms with van der Waals surface area (Å²) in [6.07, 6.45) is 2.63. The summed E-state index contributed by atoms with van der Waals surface area (Å²) in [6.45, 7) is 1.82. The van der Waals surface area contributed by atoms with Gasteiger partial charge in [0.1, 0.15) is 5.75 Å². The van der Waals surface area contributed by atoms with Gasteiger partial charge in [0, 0.05) is 11.9 Å². The molecule has 1 aromatic carbocycles. The van der Waals surface area contributed by atoms with Gasteiger partial charge in [-0.2, -0.15) is 5.26 Å². The third-order valence-corrected chi connectivity index (χ3v) is 2.66. The number of rotatable bonds is 2. The average molecular weight is 253 g/mol. The zero-order valence-corrected chi connectivity index (χ0v) is 10.2. The van der Waals surface area contributed by atoms with Gasteiger partial charge in [0.2, 0.25) is 0 Å². The molecule has 5 nitrogen and oxygen atoms in total. The second-order valence-corrected chi connectivity index (χ2v) is 3.99. The van der Waals surface area contributed by atoms with Crippen LogP contribution in [0.3, 0.4) is 0 Å². The Kier molecular flexibility index (Phi) is 3.44. The van der Waals surface area contributed by atoms with Crippen molar-refractivity contribution in [3.8, 4) is 11.8 Å². The van der Waals surface area contributed by atoms with Crippen molar-refractivity contribution in [3.05, 3.63) is 53.3 Å². The van der Waals surface area contributed by atoms with E-state index in [1.807, 2.05) is 13.0 Å². The van der Waals surface area contributed by atoms with Gasteiger partial charge in [0.05, 0.1) is 23.4 Å². The van der Waals surface area contributed by atoms with E-state index in [1.54, 1.807) is 18.2 Å². The van der Waals surface area contributed by atoms with Crippen LogP contribution in [0.15, 0.2) is 36.7 Å². The maximum atomic E-state index is 12.0. The van der Waals surface area contributed by atoms with Crippen LogP contribution in [0.1, 0.15) is 21.5 Å². The van der Waals surface area contributed by atoms with Gasteiger partial charge in [-0.15, -0.1) is 0 Å². The third kappa shape index (κ3) is 2.69. The smallest absolute Gasteiger partial charge is 0.259 e. The van der Waals surface area contributed by atoms with E-state index in [2.05, 4.69) is 10.3 Å². The number of hydrogen-bond acceptors (Lipinski definition) is 4. The molecular weight excluding hydrogens is 242 g/mol. The van der Waals surface area contributed by atoms with Crippen LogP contribution in [0.25, 0.3) is 0 Å². The number of benzene rings is 1. The fourth-order valence-electron chi connectivity index (χ4n) is 1.59. The van der Waals surface area contributed by atoms with Crippen molar-refractivity contribution in [3.63, 3.8) is 0 Å². The fourth-order valence-corrected chi connectivity index (χ4v) is 1.59. The van der Waals surface area contributed by atoms with Gasteiger partial charge < -0.3 is 10.4 Å². The first-order valence-corrected chi connectivity index (χ1v) is 5.57. The first-order valence-electron chi connectivity index (χ1n) is 5.57. The number of nitrogens with zero attached hydrogens (tertiary/aromatic N) is 2. The summed E-state index contributed by atoms with van der Waals surface area (Å²) < 4.78 is 0. The predicted octanol–water partition coefficient (Wildman–Crippen LogP) is 2.22. The molecule has 1 amide bonds. The number of nitrogens with one attached hydrogen (secondary N) is 1. The number of aryl methyl sites for hydroxylation is 1. The number of aromatic nitrogens is 1. The minimum atomic E-state index is -0.446. The lowest BCUT2D eigenvalue weighted by atomic mass is 10.1. The van der Waals surface area contributed by atoms with Crippen LogP contribution in [0.2, 0.25) is 0 Å². The topological polar surface area (TPSA) is 86.0 Å². The molecule has 2 N–H and O–H groups in total. The number of pyridine rings is 1. The summed E-state index contributed by atoms with van der Waals surface area (Å²) in [6, 6.07) is 8.45. The SMILES string of the molecule is Cc1ccc(C#N)cc1NC(=O)c1ccncc1O. The lowest BCUT2D eigenvalue weighted by Gasteiger charge is -2.09. The van der Waals surface area contributed by atoms with Gasteiger partial charge in [-0.1, -0.05) is 6.07 Å². The van der Waals surface area contributed by atoms with Gasteiger partial charge in [-0.05, 0) is 30.7 Å². The monoisotopic (exact) mass is 253 g/mol. The highest BCUT2D eigenvalue weighted by Gasteiger charge is 2.12. The molecule has 0 aliphatic carbocycles. The molecule has 0 spiro atoms. The second-order valence-electron chi connectivity index (χ2n) is 3.99. The predicted molar refractivity (Wildman–Crippen MR) is 69.7 cm³/mol. The molecule has 1 heterocycles. The van der Waals surface area contributed by atoms with Crippen molar-refractivity contribution in [2.75, 3.05) is 5.32 Å². The summed E-state index contributed by atoms with van der Waals surface area (Å²) in [5, 5.41) is 21.1. The average Bonchev–Trinajstić information content (AvgIpc) is 2.41. The molecule has 0 saturated heterocycles. The lowest BCUT2D eigenvalue weighted by molar-refractivity contribution is 0.102. The summed E-state index contributed by atoms with van der Waals surface area (Å²) in [7, 11) is 0. The van der Waals surface area contributed by atoms with Gasteiger partial charge in [0.25, 0.3) is 5.91 Å². The highest BCUT2D eigenvalue weighted by Crippen LogP contribution is 2.20. The Balaban J connectivity index is 2.30. The molecule has 0 radical (unpaired) electrons. The molecule has 0 bridgehead atoms. The summed E-state index contributed by atoms with van der Waals surface area (Å²) in [5.41, 5.74) is 1.97. The van der Waals surface area contributed by atoms with Crippen LogP contribution in [0.4, 0.5) is 5.69 Å². The molecule has 0 saturated carbocycles. The molecule has 94 valence electrons. The van der Waals surface area contributed by atoms with Crippen LogP contribution in [0, 0.1) is 18.3 Å². The molecule has 19 heavy (non-hydrogen) atoms. The van der Waals surface area contributed by atoms with E-state index < -0.39 is 5.91 Å². The standard InChI is InChI=1S/C14H11N3O2/c1-9-2-3-10(7-15)6-12(9)17-14(19)11-4-5-16-8-13(11)18/h2-6,8,18H,1H3,(H,17,19). The van der Waals surface area contributed by atoms with E-state index in [-0.39, 0.29) is 11.3 Å². The normalized spacial score (nSPS) is 9.68. The minimum absolute atomic E-state index is 0.136. The van der Waals surface area contributed by atoms with E-state index in [1.165, 1.54) is 18.5 Å². The van der Waals surface area contributed by atoms with Crippen molar-refractivity contribution in [1.29, 1.82) is 5.26 Å². The van der Waals surface area contributed by atoms with Gasteiger partial charge in [-0.25, -0.2) is 0 Å². The van der Waals surface area contributed by atoms with E-state index in [0.29, 0.717) is 11.3 Å². The number of carbonyl (C=O) groups excluding carboxylic acids is 1. The third-order valence-electron chi connectivity index (χ3n) is 2.66. The van der Waals surface area contributed by atoms with E-state index in [0.717, 1.165) is 5.56 Å². The van der Waals surface area contributed by atoms with Crippen molar-refractivity contribution in [2.45, 2.75) is 6.92 Å². The number of amides is 1. The van der Waals surface area contributed by atoms with Crippen molar-refractivity contribution < 1.29 is 9.90 Å². The first-order chi connectivity index (χ1) is 9.11. The molecular formula is C14H11N3O2. The van der Waals surface area contributed by atoms with Crippen molar-refractivity contribution >= 4 is 11.6 Å². The Labute approximate surface area is 110 Å². The molecule has 2 aromatic rings. The van der Waals surface area contributed by atoms with Crippen LogP contribution >= 0.6 is 0 Å². The maximum Gasteiger partial charge on any atom is 0.259 e. The molecule has 0 atom stereocenters. The van der Waals surface area contributed by atoms with Crippen molar-refractivity contribution in [2.24, 2.45) is 0 Å². The Morgan fingerprint density at radius 1 is 1.42 bits per heavy atom. The zero-order chi connectivity index (χ0) is 13.8. The van der Waals surface area contributed by atoms with Gasteiger partial charge in [0.15, 0.2) is 0 Å². The van der Waals surface area contributed by atoms with Crippen LogP contribution in [-0.4, -0.2) is 16.0 Å². The second kappa shape index (κ2) is 5.19. The Bertz CT molecular complexity index is 675. The molecule has 0 fully saturated rings. The van der Waals surface area contributed by atoms with Gasteiger partial charge >= 0.3 is 0 Å². The Morgan fingerprint density at radius 3 is 2.89 bits per heavy atom. The maximum absolute atomic E-state index is 12.0. The van der Waals surface area contributed by atoms with Crippen molar-refractivity contribution in [1.82, 2.24) is 4.98 Å². The van der Waals surface area contributed by atoms with Gasteiger partial charge in [-0.3, -0.25) is 9.78 Å².